The van der Waals surface area contributed by atoms with Gasteiger partial charge in [-0.2, -0.15) is 0 Å². The third-order valence-electron chi connectivity index (χ3n) is 3.65. The molecule has 2 N–H and O–H groups in total. The van der Waals surface area contributed by atoms with Crippen molar-refractivity contribution in [2.75, 3.05) is 26.2 Å². The molecule has 0 saturated carbocycles. The van der Waals surface area contributed by atoms with Crippen molar-refractivity contribution >= 4 is 5.91 Å². The van der Waals surface area contributed by atoms with E-state index in [0.717, 1.165) is 38.9 Å². The minimum Gasteiger partial charge on any atom is -0.326 e. The first-order valence-electron chi connectivity index (χ1n) is 6.68. The Morgan fingerprint density at radius 2 is 2.47 bits per heavy atom. The van der Waals surface area contributed by atoms with Crippen LogP contribution in [0.4, 0.5) is 0 Å². The van der Waals surface area contributed by atoms with E-state index in [0.29, 0.717) is 6.54 Å². The van der Waals surface area contributed by atoms with Crippen LogP contribution in [-0.4, -0.2) is 47.9 Å². The van der Waals surface area contributed by atoms with E-state index in [-0.39, 0.29) is 11.9 Å². The van der Waals surface area contributed by atoms with Gasteiger partial charge in [0.15, 0.2) is 0 Å². The number of likely N-dealkylation sites (N-methyl/N-ethyl adjacent to an activating group) is 1. The Hall–Kier alpha value is -0.870. The van der Waals surface area contributed by atoms with Crippen LogP contribution in [0.1, 0.15) is 32.6 Å². The minimum atomic E-state index is 0.231. The zero-order valence-corrected chi connectivity index (χ0v) is 10.7. The summed E-state index contributed by atoms with van der Waals surface area (Å²) < 4.78 is 0. The largest absolute Gasteiger partial charge is 0.326 e. The summed E-state index contributed by atoms with van der Waals surface area (Å²) in [6, 6.07) is 0.253. The van der Waals surface area contributed by atoms with Gasteiger partial charge >= 0.3 is 0 Å². The first-order chi connectivity index (χ1) is 8.20. The zero-order valence-electron chi connectivity index (χ0n) is 10.7. The molecule has 4 heteroatoms. The van der Waals surface area contributed by atoms with Gasteiger partial charge in [0, 0.05) is 31.4 Å². The first kappa shape index (κ1) is 12.6. The zero-order chi connectivity index (χ0) is 12.3. The molecule has 0 aromatic heterocycles. The standard InChI is InChI=1S/C13H23N3O/c1-2-16(12-5-3-4-6-12)13(17)10-15-8-7-11(14)9-15/h5,11H,2-4,6-10,14H2,1H3/t11-/m1/s1. The smallest absolute Gasteiger partial charge is 0.240 e. The summed E-state index contributed by atoms with van der Waals surface area (Å²) in [4.78, 5) is 16.3. The minimum absolute atomic E-state index is 0.231. The van der Waals surface area contributed by atoms with Crippen LogP contribution in [0.15, 0.2) is 11.8 Å². The lowest BCUT2D eigenvalue weighted by atomic mass is 10.3. The van der Waals surface area contributed by atoms with Gasteiger partial charge in [-0.3, -0.25) is 9.69 Å². The summed E-state index contributed by atoms with van der Waals surface area (Å²) >= 11 is 0. The Bertz CT molecular complexity index is 314. The monoisotopic (exact) mass is 237 g/mol. The molecule has 2 aliphatic rings. The van der Waals surface area contributed by atoms with E-state index >= 15 is 0 Å². The number of amides is 1. The Kier molecular flexibility index (Phi) is 4.18. The van der Waals surface area contributed by atoms with Crippen molar-refractivity contribution < 1.29 is 4.79 Å². The fourth-order valence-corrected chi connectivity index (χ4v) is 2.72. The number of rotatable bonds is 4. The average molecular weight is 237 g/mol. The molecule has 0 bridgehead atoms. The second kappa shape index (κ2) is 5.65. The van der Waals surface area contributed by atoms with Gasteiger partial charge in [0.05, 0.1) is 6.54 Å². The summed E-state index contributed by atoms with van der Waals surface area (Å²) in [5.74, 6) is 0.231. The second-order valence-corrected chi connectivity index (χ2v) is 5.01. The van der Waals surface area contributed by atoms with Crippen molar-refractivity contribution in [1.82, 2.24) is 9.80 Å². The summed E-state index contributed by atoms with van der Waals surface area (Å²) in [6.07, 6.45) is 6.58. The van der Waals surface area contributed by atoms with Crippen molar-refractivity contribution in [1.29, 1.82) is 0 Å². The number of allylic oxidation sites excluding steroid dienone is 2. The quantitative estimate of drug-likeness (QED) is 0.791. The van der Waals surface area contributed by atoms with Crippen LogP contribution in [0.2, 0.25) is 0 Å². The van der Waals surface area contributed by atoms with Gasteiger partial charge < -0.3 is 10.6 Å². The SMILES string of the molecule is CCN(C(=O)CN1CC[C@@H](N)C1)C1=CCCC1. The van der Waals surface area contributed by atoms with Gasteiger partial charge in [-0.05, 0) is 32.6 Å². The Balaban J connectivity index is 1.89. The molecule has 1 saturated heterocycles. The summed E-state index contributed by atoms with van der Waals surface area (Å²) in [7, 11) is 0. The maximum absolute atomic E-state index is 12.2. The maximum atomic E-state index is 12.2. The van der Waals surface area contributed by atoms with E-state index in [4.69, 9.17) is 5.73 Å². The molecule has 2 rings (SSSR count). The van der Waals surface area contributed by atoms with Crippen LogP contribution >= 0.6 is 0 Å². The van der Waals surface area contributed by atoms with Crippen molar-refractivity contribution in [2.24, 2.45) is 5.73 Å². The molecular formula is C13H23N3O. The Morgan fingerprint density at radius 3 is 3.00 bits per heavy atom. The third kappa shape index (κ3) is 3.07. The summed E-state index contributed by atoms with van der Waals surface area (Å²) in [6.45, 7) is 5.18. The van der Waals surface area contributed by atoms with Crippen LogP contribution in [-0.2, 0) is 4.79 Å². The number of nitrogens with two attached hydrogens (primary N) is 1. The molecule has 1 aliphatic heterocycles. The number of likely N-dealkylation sites (tertiary alicyclic amines) is 1. The van der Waals surface area contributed by atoms with Gasteiger partial charge in [0.1, 0.15) is 0 Å². The predicted octanol–water partition coefficient (Wildman–Crippen LogP) is 0.936. The van der Waals surface area contributed by atoms with Crippen LogP contribution in [0.3, 0.4) is 0 Å². The topological polar surface area (TPSA) is 49.6 Å². The maximum Gasteiger partial charge on any atom is 0.240 e. The normalized spacial score (nSPS) is 25.1. The fourth-order valence-electron chi connectivity index (χ4n) is 2.72. The molecule has 0 aromatic rings. The highest BCUT2D eigenvalue weighted by molar-refractivity contribution is 5.80. The molecule has 1 fully saturated rings. The van der Waals surface area contributed by atoms with E-state index in [9.17, 15) is 4.79 Å². The molecule has 1 heterocycles. The first-order valence-corrected chi connectivity index (χ1v) is 6.68. The van der Waals surface area contributed by atoms with Gasteiger partial charge in [0.25, 0.3) is 0 Å². The molecule has 96 valence electrons. The van der Waals surface area contributed by atoms with Crippen LogP contribution in [0.5, 0.6) is 0 Å². The summed E-state index contributed by atoms with van der Waals surface area (Å²) in [5, 5.41) is 0. The van der Waals surface area contributed by atoms with Gasteiger partial charge in [-0.25, -0.2) is 0 Å². The lowest BCUT2D eigenvalue weighted by Crippen LogP contribution is -2.39. The van der Waals surface area contributed by atoms with Crippen molar-refractivity contribution in [3.8, 4) is 0 Å². The molecular weight excluding hydrogens is 214 g/mol. The highest BCUT2D eigenvalue weighted by atomic mass is 16.2. The molecule has 1 amide bonds. The van der Waals surface area contributed by atoms with E-state index < -0.39 is 0 Å². The molecule has 1 aliphatic carbocycles. The number of hydrogen-bond donors (Lipinski definition) is 1. The molecule has 0 radical (unpaired) electrons. The lowest BCUT2D eigenvalue weighted by Gasteiger charge is -2.25. The molecule has 1 atom stereocenters. The lowest BCUT2D eigenvalue weighted by molar-refractivity contribution is -0.130. The van der Waals surface area contributed by atoms with E-state index in [1.807, 2.05) is 11.8 Å². The average Bonchev–Trinajstić information content (AvgIpc) is 2.92. The Morgan fingerprint density at radius 1 is 1.65 bits per heavy atom. The molecule has 0 unspecified atom stereocenters. The number of carbonyl (C=O) groups is 1. The molecule has 0 aromatic carbocycles. The third-order valence-corrected chi connectivity index (χ3v) is 3.65. The molecule has 17 heavy (non-hydrogen) atoms. The summed E-state index contributed by atoms with van der Waals surface area (Å²) in [5.41, 5.74) is 7.08. The van der Waals surface area contributed by atoms with Crippen LogP contribution < -0.4 is 5.73 Å². The predicted molar refractivity (Wildman–Crippen MR) is 68.4 cm³/mol. The highest BCUT2D eigenvalue weighted by Gasteiger charge is 2.24. The highest BCUT2D eigenvalue weighted by Crippen LogP contribution is 2.21. The fraction of sp³-hybridized carbons (Fsp3) is 0.769. The van der Waals surface area contributed by atoms with Crippen molar-refractivity contribution in [3.63, 3.8) is 0 Å². The Labute approximate surface area is 103 Å². The number of hydrogen-bond acceptors (Lipinski definition) is 3. The van der Waals surface area contributed by atoms with Crippen LogP contribution in [0.25, 0.3) is 0 Å². The second-order valence-electron chi connectivity index (χ2n) is 5.01. The van der Waals surface area contributed by atoms with Gasteiger partial charge in [-0.15, -0.1) is 0 Å². The van der Waals surface area contributed by atoms with E-state index in [1.54, 1.807) is 0 Å². The van der Waals surface area contributed by atoms with Crippen molar-refractivity contribution in [2.45, 2.75) is 38.6 Å². The van der Waals surface area contributed by atoms with Gasteiger partial charge in [0.2, 0.25) is 5.91 Å². The van der Waals surface area contributed by atoms with E-state index in [1.165, 1.54) is 12.1 Å². The van der Waals surface area contributed by atoms with Crippen LogP contribution in [0, 0.1) is 0 Å². The number of carbonyl (C=O) groups excluding carboxylic acids is 1. The number of nitrogens with zero attached hydrogens (tertiary/aromatic N) is 2. The van der Waals surface area contributed by atoms with E-state index in [2.05, 4.69) is 11.0 Å². The molecule has 4 nitrogen and oxygen atoms in total. The van der Waals surface area contributed by atoms with Gasteiger partial charge in [-0.1, -0.05) is 6.08 Å². The van der Waals surface area contributed by atoms with Crippen molar-refractivity contribution in [3.05, 3.63) is 11.8 Å². The molecule has 0 spiro atoms.